The number of ether oxygens (including phenoxy) is 2. The van der Waals surface area contributed by atoms with E-state index >= 15 is 0 Å². The average molecular weight is 292 g/mol. The minimum absolute atomic E-state index is 0.252. The summed E-state index contributed by atoms with van der Waals surface area (Å²) in [5.41, 5.74) is 0.252. The molecule has 1 rings (SSSR count). The van der Waals surface area contributed by atoms with Crippen molar-refractivity contribution < 1.29 is 32.5 Å². The first-order chi connectivity index (χ1) is 9.26. The maximum absolute atomic E-state index is 12.5. The normalized spacial score (nSPS) is 12.8. The van der Waals surface area contributed by atoms with Gasteiger partial charge in [-0.1, -0.05) is 6.07 Å². The molecule has 0 saturated heterocycles. The minimum Gasteiger partial charge on any atom is -0.493 e. The second kappa shape index (κ2) is 6.49. The van der Waals surface area contributed by atoms with Gasteiger partial charge in [-0.3, -0.25) is 4.79 Å². The summed E-state index contributed by atoms with van der Waals surface area (Å²) in [7, 11) is 2.76. The molecule has 0 aliphatic heterocycles. The highest BCUT2D eigenvalue weighted by molar-refractivity contribution is 5.68. The third-order valence-corrected chi connectivity index (χ3v) is 2.78. The van der Waals surface area contributed by atoms with E-state index in [4.69, 9.17) is 14.6 Å². The van der Waals surface area contributed by atoms with Crippen LogP contribution in [-0.4, -0.2) is 31.5 Å². The topological polar surface area (TPSA) is 55.8 Å². The summed E-state index contributed by atoms with van der Waals surface area (Å²) in [4.78, 5) is 10.7. The fourth-order valence-corrected chi connectivity index (χ4v) is 1.90. The van der Waals surface area contributed by atoms with E-state index < -0.39 is 30.9 Å². The van der Waals surface area contributed by atoms with Gasteiger partial charge in [0.05, 0.1) is 27.1 Å². The number of hydrogen-bond donors (Lipinski definition) is 1. The van der Waals surface area contributed by atoms with Gasteiger partial charge >= 0.3 is 12.1 Å². The average Bonchev–Trinajstić information content (AvgIpc) is 2.35. The van der Waals surface area contributed by atoms with Gasteiger partial charge in [-0.2, -0.15) is 13.2 Å². The van der Waals surface area contributed by atoms with Crippen LogP contribution in [0.25, 0.3) is 0 Å². The Labute approximate surface area is 114 Å². The van der Waals surface area contributed by atoms with Crippen molar-refractivity contribution >= 4 is 5.97 Å². The van der Waals surface area contributed by atoms with Crippen LogP contribution in [0.3, 0.4) is 0 Å². The molecule has 0 amide bonds. The third kappa shape index (κ3) is 4.64. The van der Waals surface area contributed by atoms with Crippen LogP contribution in [0.1, 0.15) is 24.3 Å². The molecule has 0 bridgehead atoms. The molecular formula is C13H15F3O4. The first kappa shape index (κ1) is 16.1. The van der Waals surface area contributed by atoms with Gasteiger partial charge in [0.15, 0.2) is 11.5 Å². The Morgan fingerprint density at radius 2 is 1.85 bits per heavy atom. The summed E-state index contributed by atoms with van der Waals surface area (Å²) in [5, 5.41) is 8.75. The quantitative estimate of drug-likeness (QED) is 0.874. The zero-order chi connectivity index (χ0) is 15.3. The molecule has 1 aromatic carbocycles. The predicted molar refractivity (Wildman–Crippen MR) is 65.2 cm³/mol. The van der Waals surface area contributed by atoms with Crippen molar-refractivity contribution in [3.63, 3.8) is 0 Å². The van der Waals surface area contributed by atoms with Crippen molar-refractivity contribution in [2.45, 2.75) is 24.9 Å². The van der Waals surface area contributed by atoms with Gasteiger partial charge < -0.3 is 14.6 Å². The highest BCUT2D eigenvalue weighted by atomic mass is 19.4. The fraction of sp³-hybridized carbons (Fsp3) is 0.462. The van der Waals surface area contributed by atoms with Crippen molar-refractivity contribution in [3.8, 4) is 11.5 Å². The van der Waals surface area contributed by atoms with Crippen LogP contribution in [0.4, 0.5) is 13.2 Å². The lowest BCUT2D eigenvalue weighted by atomic mass is 9.92. The van der Waals surface area contributed by atoms with Crippen LogP contribution in [-0.2, 0) is 4.79 Å². The Morgan fingerprint density at radius 3 is 2.30 bits per heavy atom. The van der Waals surface area contributed by atoms with Gasteiger partial charge in [0, 0.05) is 5.92 Å². The number of alkyl halides is 3. The molecule has 0 radical (unpaired) electrons. The number of aliphatic carboxylic acids is 1. The van der Waals surface area contributed by atoms with Crippen LogP contribution in [0.2, 0.25) is 0 Å². The lowest BCUT2D eigenvalue weighted by Crippen LogP contribution is -2.16. The summed E-state index contributed by atoms with van der Waals surface area (Å²) in [5.74, 6) is -1.80. The number of carbonyl (C=O) groups is 1. The van der Waals surface area contributed by atoms with Gasteiger partial charge in [-0.05, 0) is 17.7 Å². The number of methoxy groups -OCH3 is 2. The molecule has 112 valence electrons. The molecule has 0 aliphatic carbocycles. The standard InChI is InChI=1S/C13H15F3O4/c1-19-10-4-3-8(5-11(10)20-2)9(6-12(17)18)7-13(14,15)16/h3-5,9H,6-7H2,1-2H3,(H,17,18). The summed E-state index contributed by atoms with van der Waals surface area (Å²) in [6.45, 7) is 0. The number of rotatable bonds is 6. The van der Waals surface area contributed by atoms with E-state index in [0.29, 0.717) is 5.75 Å². The Hall–Kier alpha value is -1.92. The van der Waals surface area contributed by atoms with E-state index in [9.17, 15) is 18.0 Å². The molecular weight excluding hydrogens is 277 g/mol. The molecule has 1 atom stereocenters. The van der Waals surface area contributed by atoms with Crippen molar-refractivity contribution in [2.24, 2.45) is 0 Å². The summed E-state index contributed by atoms with van der Waals surface area (Å²) in [6, 6.07) is 4.25. The summed E-state index contributed by atoms with van der Waals surface area (Å²) in [6.07, 6.45) is -6.24. The lowest BCUT2D eigenvalue weighted by Gasteiger charge is -2.19. The molecule has 0 spiro atoms. The molecule has 7 heteroatoms. The fourth-order valence-electron chi connectivity index (χ4n) is 1.90. The van der Waals surface area contributed by atoms with Gasteiger partial charge in [0.1, 0.15) is 0 Å². The molecule has 0 aromatic heterocycles. The lowest BCUT2D eigenvalue weighted by molar-refractivity contribution is -0.145. The molecule has 0 fully saturated rings. The molecule has 1 unspecified atom stereocenters. The molecule has 4 nitrogen and oxygen atoms in total. The molecule has 1 N–H and O–H groups in total. The van der Waals surface area contributed by atoms with E-state index in [1.165, 1.54) is 32.4 Å². The van der Waals surface area contributed by atoms with Crippen LogP contribution < -0.4 is 9.47 Å². The Kier molecular flexibility index (Phi) is 5.24. The molecule has 0 aliphatic rings. The molecule has 1 aromatic rings. The smallest absolute Gasteiger partial charge is 0.389 e. The molecule has 20 heavy (non-hydrogen) atoms. The summed E-state index contributed by atoms with van der Waals surface area (Å²) < 4.78 is 47.6. The van der Waals surface area contributed by atoms with Crippen LogP contribution in [0.5, 0.6) is 11.5 Å². The monoisotopic (exact) mass is 292 g/mol. The van der Waals surface area contributed by atoms with E-state index in [0.717, 1.165) is 0 Å². The largest absolute Gasteiger partial charge is 0.493 e. The third-order valence-electron chi connectivity index (χ3n) is 2.78. The number of carboxylic acid groups (broad SMARTS) is 1. The molecule has 0 saturated carbocycles. The van der Waals surface area contributed by atoms with Crippen molar-refractivity contribution in [3.05, 3.63) is 23.8 Å². The van der Waals surface area contributed by atoms with Crippen molar-refractivity contribution in [1.29, 1.82) is 0 Å². The number of hydrogen-bond acceptors (Lipinski definition) is 3. The highest BCUT2D eigenvalue weighted by Gasteiger charge is 2.34. The predicted octanol–water partition coefficient (Wildman–Crippen LogP) is 3.21. The zero-order valence-electron chi connectivity index (χ0n) is 11.0. The first-order valence-electron chi connectivity index (χ1n) is 5.77. The van der Waals surface area contributed by atoms with Crippen molar-refractivity contribution in [2.75, 3.05) is 14.2 Å². The maximum Gasteiger partial charge on any atom is 0.389 e. The van der Waals surface area contributed by atoms with Gasteiger partial charge in [-0.15, -0.1) is 0 Å². The number of carboxylic acids is 1. The van der Waals surface area contributed by atoms with Gasteiger partial charge in [-0.25, -0.2) is 0 Å². The minimum atomic E-state index is -4.44. The SMILES string of the molecule is COc1ccc(C(CC(=O)O)CC(F)(F)F)cc1OC. The Bertz CT molecular complexity index is 471. The number of benzene rings is 1. The first-order valence-corrected chi connectivity index (χ1v) is 5.77. The van der Waals surface area contributed by atoms with Gasteiger partial charge in [0.2, 0.25) is 0 Å². The number of halogens is 3. The molecule has 0 heterocycles. The Morgan fingerprint density at radius 1 is 1.25 bits per heavy atom. The van der Waals surface area contributed by atoms with Crippen LogP contribution >= 0.6 is 0 Å². The van der Waals surface area contributed by atoms with E-state index in [2.05, 4.69) is 0 Å². The highest BCUT2D eigenvalue weighted by Crippen LogP contribution is 2.37. The maximum atomic E-state index is 12.5. The van der Waals surface area contributed by atoms with E-state index in [1.54, 1.807) is 0 Å². The van der Waals surface area contributed by atoms with E-state index in [-0.39, 0.29) is 11.3 Å². The van der Waals surface area contributed by atoms with Crippen LogP contribution in [0.15, 0.2) is 18.2 Å². The summed E-state index contributed by atoms with van der Waals surface area (Å²) >= 11 is 0. The Balaban J connectivity index is 3.09. The van der Waals surface area contributed by atoms with E-state index in [1.807, 2.05) is 0 Å². The van der Waals surface area contributed by atoms with Gasteiger partial charge in [0.25, 0.3) is 0 Å². The van der Waals surface area contributed by atoms with Crippen molar-refractivity contribution in [1.82, 2.24) is 0 Å². The second-order valence-corrected chi connectivity index (χ2v) is 4.23. The zero-order valence-corrected chi connectivity index (χ0v) is 11.0. The van der Waals surface area contributed by atoms with Crippen LogP contribution in [0, 0.1) is 0 Å². The second-order valence-electron chi connectivity index (χ2n) is 4.23.